The number of aromatic nitrogens is 2. The first kappa shape index (κ1) is 5.94. The van der Waals surface area contributed by atoms with E-state index in [4.69, 9.17) is 9.31 Å². The molecule has 1 aliphatic heterocycles. The van der Waals surface area contributed by atoms with Crippen LogP contribution >= 0.6 is 0 Å². The third kappa shape index (κ3) is 0.934. The van der Waals surface area contributed by atoms with Gasteiger partial charge in [0.25, 0.3) is 0 Å². The molecule has 0 N–H and O–H groups in total. The van der Waals surface area contributed by atoms with Crippen LogP contribution in [-0.4, -0.2) is 30.2 Å². The molecule has 1 saturated heterocycles. The van der Waals surface area contributed by atoms with Gasteiger partial charge in [-0.15, -0.1) is 0 Å². The Kier molecular flexibility index (Phi) is 1.45. The van der Waals surface area contributed by atoms with Crippen molar-refractivity contribution in [1.82, 2.24) is 9.69 Å². The average molecular weight is 138 g/mol. The van der Waals surface area contributed by atoms with Crippen LogP contribution in [0.25, 0.3) is 0 Å². The lowest BCUT2D eigenvalue weighted by molar-refractivity contribution is 0.354. The first-order valence-corrected chi connectivity index (χ1v) is 3.19. The van der Waals surface area contributed by atoms with Gasteiger partial charge in [0.05, 0.1) is 13.2 Å². The maximum atomic E-state index is 5.18. The van der Waals surface area contributed by atoms with Gasteiger partial charge in [-0.3, -0.25) is 4.59 Å². The largest absolute Gasteiger partial charge is 0.614 e. The standard InChI is InChI=1S/C5H7BN2O2/c1-2-7-8(3-1)6-9-4-5-10-6/h1-3H,4-5H2. The third-order valence-corrected chi connectivity index (χ3v) is 1.35. The van der Waals surface area contributed by atoms with Gasteiger partial charge in [-0.05, 0) is 6.07 Å². The minimum absolute atomic E-state index is 0.296. The summed E-state index contributed by atoms with van der Waals surface area (Å²) < 4.78 is 12.0. The van der Waals surface area contributed by atoms with Crippen molar-refractivity contribution in [2.45, 2.75) is 0 Å². The monoisotopic (exact) mass is 138 g/mol. The van der Waals surface area contributed by atoms with E-state index >= 15 is 0 Å². The fourth-order valence-electron chi connectivity index (χ4n) is 0.904. The highest BCUT2D eigenvalue weighted by atomic mass is 16.6. The second kappa shape index (κ2) is 2.44. The van der Waals surface area contributed by atoms with Gasteiger partial charge in [-0.2, -0.15) is 5.10 Å². The zero-order valence-electron chi connectivity index (χ0n) is 5.43. The van der Waals surface area contributed by atoms with Crippen molar-refractivity contribution in [2.75, 3.05) is 13.2 Å². The van der Waals surface area contributed by atoms with Gasteiger partial charge in [-0.1, -0.05) is 0 Å². The predicted octanol–water partition coefficient (Wildman–Crippen LogP) is -0.237. The van der Waals surface area contributed by atoms with E-state index in [-0.39, 0.29) is 7.25 Å². The fourth-order valence-corrected chi connectivity index (χ4v) is 0.904. The maximum absolute atomic E-state index is 5.18. The van der Waals surface area contributed by atoms with Crippen molar-refractivity contribution in [1.29, 1.82) is 0 Å². The molecule has 0 unspecified atom stereocenters. The summed E-state index contributed by atoms with van der Waals surface area (Å²) >= 11 is 0. The molecule has 1 aromatic heterocycles. The molecule has 0 saturated carbocycles. The topological polar surface area (TPSA) is 36.3 Å². The number of hydrogen-bond donors (Lipinski definition) is 0. The zero-order chi connectivity index (χ0) is 6.81. The van der Waals surface area contributed by atoms with E-state index in [0.717, 1.165) is 0 Å². The summed E-state index contributed by atoms with van der Waals surface area (Å²) in [4.78, 5) is 0. The number of nitrogens with zero attached hydrogens (tertiary/aromatic N) is 2. The Morgan fingerprint density at radius 1 is 1.40 bits per heavy atom. The Hall–Kier alpha value is -0.805. The Morgan fingerprint density at radius 3 is 2.80 bits per heavy atom. The van der Waals surface area contributed by atoms with Crippen LogP contribution in [-0.2, 0) is 9.31 Å². The van der Waals surface area contributed by atoms with Crippen LogP contribution in [0.2, 0.25) is 0 Å². The highest BCUT2D eigenvalue weighted by Gasteiger charge is 2.27. The summed E-state index contributed by atoms with van der Waals surface area (Å²) in [5.41, 5.74) is 0. The summed E-state index contributed by atoms with van der Waals surface area (Å²) in [6.45, 7) is 1.31. The van der Waals surface area contributed by atoms with E-state index in [2.05, 4.69) is 5.10 Å². The van der Waals surface area contributed by atoms with Gasteiger partial charge in [-0.25, -0.2) is 0 Å². The minimum atomic E-state index is -0.296. The van der Waals surface area contributed by atoms with Crippen LogP contribution in [0.3, 0.4) is 0 Å². The van der Waals surface area contributed by atoms with E-state index < -0.39 is 0 Å². The molecule has 2 rings (SSSR count). The van der Waals surface area contributed by atoms with Crippen molar-refractivity contribution >= 4 is 7.25 Å². The highest BCUT2D eigenvalue weighted by molar-refractivity contribution is 6.42. The summed E-state index contributed by atoms with van der Waals surface area (Å²) in [5, 5.41) is 3.96. The van der Waals surface area contributed by atoms with Crippen LogP contribution in [0.1, 0.15) is 0 Å². The SMILES string of the molecule is c1cnn(B2OCCO2)c1. The summed E-state index contributed by atoms with van der Waals surface area (Å²) in [7, 11) is -0.296. The Bertz CT molecular complexity index is 195. The molecule has 0 aromatic carbocycles. The summed E-state index contributed by atoms with van der Waals surface area (Å²) in [6.07, 6.45) is 3.51. The molecule has 0 aliphatic carbocycles. The van der Waals surface area contributed by atoms with Crippen molar-refractivity contribution in [3.05, 3.63) is 18.5 Å². The van der Waals surface area contributed by atoms with Gasteiger partial charge in [0.2, 0.25) is 0 Å². The van der Waals surface area contributed by atoms with Crippen molar-refractivity contribution in [2.24, 2.45) is 0 Å². The van der Waals surface area contributed by atoms with E-state index in [9.17, 15) is 0 Å². The van der Waals surface area contributed by atoms with Crippen LogP contribution in [0.5, 0.6) is 0 Å². The number of rotatable bonds is 1. The zero-order valence-corrected chi connectivity index (χ0v) is 5.43. The van der Waals surface area contributed by atoms with Crippen molar-refractivity contribution in [3.63, 3.8) is 0 Å². The molecular formula is C5H7BN2O2. The van der Waals surface area contributed by atoms with E-state index in [1.807, 2.05) is 12.3 Å². The van der Waals surface area contributed by atoms with Crippen molar-refractivity contribution < 1.29 is 9.31 Å². The molecule has 0 amide bonds. The molecule has 52 valence electrons. The van der Waals surface area contributed by atoms with Gasteiger partial charge < -0.3 is 9.31 Å². The lowest BCUT2D eigenvalue weighted by atomic mass is 10.1. The van der Waals surface area contributed by atoms with Crippen LogP contribution in [0, 0.1) is 0 Å². The molecule has 1 aliphatic rings. The second-order valence-electron chi connectivity index (χ2n) is 2.03. The molecule has 4 nitrogen and oxygen atoms in total. The van der Waals surface area contributed by atoms with Crippen LogP contribution < -0.4 is 0 Å². The molecule has 10 heavy (non-hydrogen) atoms. The Balaban J connectivity index is 2.12. The smallest absolute Gasteiger partial charge is 0.388 e. The predicted molar refractivity (Wildman–Crippen MR) is 35.3 cm³/mol. The third-order valence-electron chi connectivity index (χ3n) is 1.35. The first-order chi connectivity index (χ1) is 4.97. The summed E-state index contributed by atoms with van der Waals surface area (Å²) in [6, 6.07) is 1.84. The molecule has 1 aromatic rings. The highest BCUT2D eigenvalue weighted by Crippen LogP contribution is 2.00. The Labute approximate surface area is 58.9 Å². The molecule has 2 heterocycles. The second-order valence-corrected chi connectivity index (χ2v) is 2.03. The van der Waals surface area contributed by atoms with Gasteiger partial charge in [0, 0.05) is 12.4 Å². The van der Waals surface area contributed by atoms with E-state index in [0.29, 0.717) is 13.2 Å². The molecule has 0 spiro atoms. The first-order valence-electron chi connectivity index (χ1n) is 3.19. The lowest BCUT2D eigenvalue weighted by Gasteiger charge is -2.00. The summed E-state index contributed by atoms with van der Waals surface area (Å²) in [5.74, 6) is 0. The molecular weight excluding hydrogens is 131 g/mol. The quantitative estimate of drug-likeness (QED) is 0.502. The van der Waals surface area contributed by atoms with Gasteiger partial charge >= 0.3 is 7.25 Å². The normalized spacial score (nSPS) is 18.2. The van der Waals surface area contributed by atoms with Crippen molar-refractivity contribution in [3.8, 4) is 0 Å². The average Bonchev–Trinajstić information content (AvgIpc) is 2.59. The van der Waals surface area contributed by atoms with Crippen LogP contribution in [0.4, 0.5) is 0 Å². The lowest BCUT2D eigenvalue weighted by Crippen LogP contribution is -2.26. The molecule has 0 bridgehead atoms. The molecule has 5 heteroatoms. The van der Waals surface area contributed by atoms with Gasteiger partial charge in [0.1, 0.15) is 0 Å². The minimum Gasteiger partial charge on any atom is -0.388 e. The van der Waals surface area contributed by atoms with Crippen LogP contribution in [0.15, 0.2) is 18.5 Å². The Morgan fingerprint density at radius 2 is 2.20 bits per heavy atom. The number of hydrogen-bond acceptors (Lipinski definition) is 3. The molecule has 0 radical (unpaired) electrons. The maximum Gasteiger partial charge on any atom is 0.614 e. The molecule has 0 atom stereocenters. The molecule has 1 fully saturated rings. The fraction of sp³-hybridized carbons (Fsp3) is 0.400. The van der Waals surface area contributed by atoms with Gasteiger partial charge in [0.15, 0.2) is 0 Å². The van der Waals surface area contributed by atoms with E-state index in [1.165, 1.54) is 0 Å². The van der Waals surface area contributed by atoms with E-state index in [1.54, 1.807) is 10.8 Å².